The van der Waals surface area contributed by atoms with E-state index in [1.165, 1.54) is 22.1 Å². The first-order valence-corrected chi connectivity index (χ1v) is 7.27. The molecule has 0 aliphatic carbocycles. The van der Waals surface area contributed by atoms with Gasteiger partial charge in [0.25, 0.3) is 5.91 Å². The predicted octanol–water partition coefficient (Wildman–Crippen LogP) is -3.28. The van der Waals surface area contributed by atoms with Crippen molar-refractivity contribution in [2.75, 3.05) is 0 Å². The zero-order valence-electron chi connectivity index (χ0n) is 11.4. The molecule has 1 atom stereocenters. The zero-order valence-corrected chi connectivity index (χ0v) is 14.2. The Labute approximate surface area is 147 Å². The van der Waals surface area contributed by atoms with Crippen LogP contribution < -0.4 is 34.7 Å². The number of aromatic nitrogens is 2. The summed E-state index contributed by atoms with van der Waals surface area (Å²) < 4.78 is 2.10. The number of imidazole rings is 1. The molecule has 1 unspecified atom stereocenters. The van der Waals surface area contributed by atoms with Crippen molar-refractivity contribution in [1.82, 2.24) is 14.5 Å². The molecule has 1 saturated heterocycles. The van der Waals surface area contributed by atoms with Crippen LogP contribution in [0.2, 0.25) is 0 Å². The molecule has 102 valence electrons. The molecule has 1 aromatic heterocycles. The number of aliphatic carboxylic acids is 1. The van der Waals surface area contributed by atoms with Gasteiger partial charge >= 0.3 is 29.6 Å². The van der Waals surface area contributed by atoms with Gasteiger partial charge in [-0.25, -0.2) is 4.98 Å². The van der Waals surface area contributed by atoms with Crippen LogP contribution in [0.5, 0.6) is 0 Å². The second-order valence-electron chi connectivity index (χ2n) is 4.93. The number of carbonyl (C=O) groups excluding carboxylic acids is 2. The fourth-order valence-corrected chi connectivity index (χ4v) is 3.88. The predicted molar refractivity (Wildman–Crippen MR) is 69.8 cm³/mol. The number of carboxylic acids is 1. The van der Waals surface area contributed by atoms with Crippen molar-refractivity contribution in [1.29, 1.82) is 0 Å². The summed E-state index contributed by atoms with van der Waals surface area (Å²) in [6.45, 7) is 0.972. The third-order valence-corrected chi connectivity index (χ3v) is 4.81. The minimum absolute atomic E-state index is 0. The van der Waals surface area contributed by atoms with Gasteiger partial charge in [-0.3, -0.25) is 9.69 Å². The SMILES string of the molecule is O=C([O-])C1=CSC2/C(=C\c3cn4c(n3)CCC4)C(=O)N12.[Na+]. The van der Waals surface area contributed by atoms with Crippen LogP contribution in [-0.2, 0) is 22.6 Å². The maximum Gasteiger partial charge on any atom is 1.00 e. The third kappa shape index (κ3) is 2.19. The fraction of sp³-hybridized carbons (Fsp3) is 0.308. The number of β-lactam (4-membered cyclic amide) rings is 1. The first-order chi connectivity index (χ1) is 9.65. The Kier molecular flexibility index (Phi) is 3.77. The molecule has 0 bridgehead atoms. The van der Waals surface area contributed by atoms with Crippen molar-refractivity contribution in [3.63, 3.8) is 0 Å². The number of rotatable bonds is 2. The Morgan fingerprint density at radius 2 is 2.33 bits per heavy atom. The molecule has 3 aliphatic rings. The number of hydrogen-bond donors (Lipinski definition) is 0. The van der Waals surface area contributed by atoms with E-state index in [-0.39, 0.29) is 46.5 Å². The average molecular weight is 311 g/mol. The van der Waals surface area contributed by atoms with E-state index in [2.05, 4.69) is 9.55 Å². The van der Waals surface area contributed by atoms with Gasteiger partial charge in [0.1, 0.15) is 11.2 Å². The van der Waals surface area contributed by atoms with E-state index in [4.69, 9.17) is 0 Å². The normalized spacial score (nSPS) is 24.3. The van der Waals surface area contributed by atoms with E-state index >= 15 is 0 Å². The molecule has 1 amide bonds. The van der Waals surface area contributed by atoms with E-state index in [0.717, 1.165) is 30.9 Å². The molecule has 0 spiro atoms. The number of nitrogens with zero attached hydrogens (tertiary/aromatic N) is 3. The average Bonchev–Trinajstić information content (AvgIpc) is 3.07. The van der Waals surface area contributed by atoms with Gasteiger partial charge in [0.05, 0.1) is 22.9 Å². The first kappa shape index (κ1) is 14.9. The maximum absolute atomic E-state index is 12.0. The smallest absolute Gasteiger partial charge is 0.543 e. The monoisotopic (exact) mass is 311 g/mol. The van der Waals surface area contributed by atoms with E-state index < -0.39 is 5.97 Å². The van der Waals surface area contributed by atoms with Crippen molar-refractivity contribution < 1.29 is 44.3 Å². The van der Waals surface area contributed by atoms with Gasteiger partial charge in [0.15, 0.2) is 0 Å². The van der Waals surface area contributed by atoms with Crippen molar-refractivity contribution in [3.8, 4) is 0 Å². The summed E-state index contributed by atoms with van der Waals surface area (Å²) in [5, 5.41) is 12.1. The molecule has 1 aromatic rings. The summed E-state index contributed by atoms with van der Waals surface area (Å²) in [6, 6.07) is 0. The van der Waals surface area contributed by atoms with Crippen molar-refractivity contribution in [2.24, 2.45) is 0 Å². The van der Waals surface area contributed by atoms with E-state index in [1.807, 2.05) is 6.20 Å². The van der Waals surface area contributed by atoms with Crippen LogP contribution in [-0.4, -0.2) is 31.7 Å². The molecule has 1 fully saturated rings. The number of thioether (sulfide) groups is 1. The fourth-order valence-electron chi connectivity index (χ4n) is 2.76. The van der Waals surface area contributed by atoms with E-state index in [9.17, 15) is 14.7 Å². The van der Waals surface area contributed by atoms with Gasteiger partial charge in [-0.2, -0.15) is 0 Å². The summed E-state index contributed by atoms with van der Waals surface area (Å²) in [5.41, 5.74) is 1.32. The van der Waals surface area contributed by atoms with Crippen LogP contribution in [0.3, 0.4) is 0 Å². The number of fused-ring (bicyclic) bond motifs is 2. The zero-order chi connectivity index (χ0) is 13.9. The topological polar surface area (TPSA) is 78.3 Å². The van der Waals surface area contributed by atoms with Crippen LogP contribution in [0, 0.1) is 0 Å². The van der Waals surface area contributed by atoms with Gasteiger partial charge in [0, 0.05) is 19.2 Å². The van der Waals surface area contributed by atoms with Gasteiger partial charge < -0.3 is 14.5 Å². The summed E-state index contributed by atoms with van der Waals surface area (Å²) in [4.78, 5) is 28.6. The third-order valence-electron chi connectivity index (χ3n) is 3.72. The number of hydrogen-bond acceptors (Lipinski definition) is 5. The Hall–Kier alpha value is -1.02. The standard InChI is InChI=1S/C13H11N3O3S.Na/c17-11-8(12-16(11)9(6-20-12)13(18)19)4-7-5-15-3-1-2-10(15)14-7;/h4-6,12H,1-3H2,(H,18,19);/q;+1/p-1/b8-4-;. The Morgan fingerprint density at radius 3 is 3.05 bits per heavy atom. The van der Waals surface area contributed by atoms with Gasteiger partial charge in [-0.15, -0.1) is 11.8 Å². The largest absolute Gasteiger partial charge is 1.00 e. The summed E-state index contributed by atoms with van der Waals surface area (Å²) in [7, 11) is 0. The molecule has 4 rings (SSSR count). The number of carbonyl (C=O) groups is 2. The number of amides is 1. The second-order valence-corrected chi connectivity index (χ2v) is 5.89. The number of carboxylic acid groups (broad SMARTS) is 1. The van der Waals surface area contributed by atoms with Crippen LogP contribution in [0.15, 0.2) is 22.9 Å². The van der Waals surface area contributed by atoms with Crippen molar-refractivity contribution in [3.05, 3.63) is 34.4 Å². The van der Waals surface area contributed by atoms with Gasteiger partial charge in [0.2, 0.25) is 0 Å². The Morgan fingerprint density at radius 1 is 1.52 bits per heavy atom. The molecule has 6 nitrogen and oxygen atoms in total. The van der Waals surface area contributed by atoms with Crippen LogP contribution in [0.4, 0.5) is 0 Å². The quantitative estimate of drug-likeness (QED) is 0.325. The Bertz CT molecular complexity index is 688. The molecule has 3 aliphatic heterocycles. The molecule has 21 heavy (non-hydrogen) atoms. The van der Waals surface area contributed by atoms with Crippen LogP contribution in [0.25, 0.3) is 6.08 Å². The molecule has 0 saturated carbocycles. The molecular weight excluding hydrogens is 301 g/mol. The molecule has 0 N–H and O–H groups in total. The molecule has 8 heteroatoms. The van der Waals surface area contributed by atoms with Crippen LogP contribution >= 0.6 is 11.8 Å². The first-order valence-electron chi connectivity index (χ1n) is 6.33. The van der Waals surface area contributed by atoms with E-state index in [0.29, 0.717) is 5.57 Å². The number of aryl methyl sites for hydroxylation is 2. The van der Waals surface area contributed by atoms with Gasteiger partial charge in [-0.05, 0) is 17.9 Å². The molecule has 0 radical (unpaired) electrons. The summed E-state index contributed by atoms with van der Waals surface area (Å²) in [6.07, 6.45) is 5.78. The van der Waals surface area contributed by atoms with Crippen molar-refractivity contribution >= 4 is 29.7 Å². The molecule has 0 aromatic carbocycles. The molecular formula is C13H10N3NaO3S. The van der Waals surface area contributed by atoms with E-state index in [1.54, 1.807) is 6.08 Å². The maximum atomic E-state index is 12.0. The molecule has 4 heterocycles. The second kappa shape index (κ2) is 5.31. The van der Waals surface area contributed by atoms with Crippen LogP contribution in [0.1, 0.15) is 17.9 Å². The minimum atomic E-state index is -1.31. The summed E-state index contributed by atoms with van der Waals surface area (Å²) >= 11 is 1.31. The Balaban J connectivity index is 0.00000132. The van der Waals surface area contributed by atoms with Crippen molar-refractivity contribution in [2.45, 2.75) is 24.8 Å². The van der Waals surface area contributed by atoms with Gasteiger partial charge in [-0.1, -0.05) is 0 Å². The summed E-state index contributed by atoms with van der Waals surface area (Å²) in [5.74, 6) is -0.537. The minimum Gasteiger partial charge on any atom is -0.543 e.